The highest BCUT2D eigenvalue weighted by Crippen LogP contribution is 2.31. The molecule has 0 atom stereocenters. The van der Waals surface area contributed by atoms with Gasteiger partial charge in [0.25, 0.3) is 5.91 Å². The Balaban J connectivity index is 1.55. The molecule has 168 valence electrons. The van der Waals surface area contributed by atoms with Gasteiger partial charge in [-0.15, -0.1) is 0 Å². The quantitative estimate of drug-likeness (QED) is 0.207. The predicted molar refractivity (Wildman–Crippen MR) is 139 cm³/mol. The van der Waals surface area contributed by atoms with Gasteiger partial charge in [-0.25, -0.2) is 4.39 Å². The lowest BCUT2D eigenvalue weighted by atomic mass is 10.0. The number of benzene rings is 4. The van der Waals surface area contributed by atoms with Crippen molar-refractivity contribution in [3.8, 4) is 0 Å². The molecule has 34 heavy (non-hydrogen) atoms. The van der Waals surface area contributed by atoms with Crippen molar-refractivity contribution >= 4 is 56.7 Å². The van der Waals surface area contributed by atoms with Crippen molar-refractivity contribution in [2.24, 2.45) is 0 Å². The van der Waals surface area contributed by atoms with Crippen LogP contribution in [0.25, 0.3) is 33.5 Å². The van der Waals surface area contributed by atoms with Gasteiger partial charge in [0.1, 0.15) is 5.82 Å². The smallest absolute Gasteiger partial charge is 0.256 e. The number of fused-ring (bicyclic) bond motifs is 3. The first kappa shape index (κ1) is 21.9. The zero-order valence-electron chi connectivity index (χ0n) is 18.6. The molecule has 0 spiro atoms. The molecule has 0 unspecified atom stereocenters. The van der Waals surface area contributed by atoms with Crippen molar-refractivity contribution in [2.45, 2.75) is 13.5 Å². The molecule has 0 aliphatic rings. The number of hydrogen-bond acceptors (Lipinski definition) is 1. The van der Waals surface area contributed by atoms with Crippen molar-refractivity contribution in [3.05, 3.63) is 113 Å². The third-order valence-electron chi connectivity index (χ3n) is 5.93. The Morgan fingerprint density at radius 3 is 2.35 bits per heavy atom. The van der Waals surface area contributed by atoms with E-state index < -0.39 is 0 Å². The number of anilines is 1. The van der Waals surface area contributed by atoms with Gasteiger partial charge >= 0.3 is 0 Å². The van der Waals surface area contributed by atoms with E-state index in [4.69, 9.17) is 11.6 Å². The van der Waals surface area contributed by atoms with Crippen LogP contribution in [0.2, 0.25) is 5.02 Å². The Kier molecular flexibility index (Phi) is 5.91. The van der Waals surface area contributed by atoms with Crippen molar-refractivity contribution in [1.82, 2.24) is 4.57 Å². The molecule has 1 aromatic heterocycles. The molecular weight excluding hydrogens is 447 g/mol. The highest BCUT2D eigenvalue weighted by Gasteiger charge is 2.15. The maximum Gasteiger partial charge on any atom is 0.256 e. The van der Waals surface area contributed by atoms with Crippen LogP contribution < -0.4 is 5.32 Å². The van der Waals surface area contributed by atoms with Gasteiger partial charge in [-0.3, -0.25) is 4.79 Å². The first-order chi connectivity index (χ1) is 16.5. The van der Waals surface area contributed by atoms with Crippen LogP contribution in [0.1, 0.15) is 18.1 Å². The number of para-hydroxylation sites is 1. The number of nitrogens with one attached hydrogen (secondary N) is 1. The van der Waals surface area contributed by atoms with Gasteiger partial charge < -0.3 is 9.88 Å². The van der Waals surface area contributed by atoms with Crippen LogP contribution in [-0.4, -0.2) is 10.5 Å². The third kappa shape index (κ3) is 4.20. The summed E-state index contributed by atoms with van der Waals surface area (Å²) in [5.41, 5.74) is 4.85. The van der Waals surface area contributed by atoms with E-state index in [0.29, 0.717) is 21.8 Å². The first-order valence-electron chi connectivity index (χ1n) is 11.1. The summed E-state index contributed by atoms with van der Waals surface area (Å²) in [5.74, 6) is -0.632. The molecule has 0 radical (unpaired) electrons. The van der Waals surface area contributed by atoms with Crippen molar-refractivity contribution < 1.29 is 9.18 Å². The number of carbonyl (C=O) groups excluding carboxylic acids is 1. The largest absolute Gasteiger partial charge is 0.341 e. The fourth-order valence-electron chi connectivity index (χ4n) is 4.31. The molecule has 0 saturated carbocycles. The second-order valence-corrected chi connectivity index (χ2v) is 8.50. The number of aromatic nitrogens is 1. The van der Waals surface area contributed by atoms with E-state index in [1.807, 2.05) is 42.5 Å². The fourth-order valence-corrected chi connectivity index (χ4v) is 4.43. The summed E-state index contributed by atoms with van der Waals surface area (Å²) in [6, 6.07) is 27.3. The average Bonchev–Trinajstić information content (AvgIpc) is 3.17. The van der Waals surface area contributed by atoms with Crippen LogP contribution in [0, 0.1) is 5.82 Å². The molecule has 3 nitrogen and oxygen atoms in total. The van der Waals surface area contributed by atoms with Gasteiger partial charge in [0.2, 0.25) is 0 Å². The average molecular weight is 469 g/mol. The standard InChI is InChI=1S/C29H22ClFN2O/c1-2-33-27-6-4-3-5-24(27)26-18-23(15-16-28(26)33)32-29(34)25(20-9-13-22(31)14-10-20)17-19-7-11-21(30)12-8-19/h3-18H,2H2,1H3,(H,32,34). The zero-order chi connectivity index (χ0) is 23.7. The minimum Gasteiger partial charge on any atom is -0.341 e. The van der Waals surface area contributed by atoms with Crippen LogP contribution >= 0.6 is 11.6 Å². The molecule has 0 aliphatic carbocycles. The van der Waals surface area contributed by atoms with Crippen molar-refractivity contribution in [2.75, 3.05) is 5.32 Å². The van der Waals surface area contributed by atoms with Gasteiger partial charge in [0, 0.05) is 44.6 Å². The molecule has 0 fully saturated rings. The Morgan fingerprint density at radius 2 is 1.62 bits per heavy atom. The van der Waals surface area contributed by atoms with Gasteiger partial charge in [-0.2, -0.15) is 0 Å². The number of hydrogen-bond donors (Lipinski definition) is 1. The SMILES string of the molecule is CCn1c2ccccc2c2cc(NC(=O)C(=Cc3ccc(Cl)cc3)c3ccc(F)cc3)ccc21. The van der Waals surface area contributed by atoms with Crippen LogP contribution in [0.3, 0.4) is 0 Å². The number of amides is 1. The summed E-state index contributed by atoms with van der Waals surface area (Å²) >= 11 is 6.01. The summed E-state index contributed by atoms with van der Waals surface area (Å²) < 4.78 is 15.8. The molecule has 0 saturated heterocycles. The summed E-state index contributed by atoms with van der Waals surface area (Å²) in [5, 5.41) is 5.88. The Hall–Kier alpha value is -3.89. The first-order valence-corrected chi connectivity index (χ1v) is 11.5. The number of nitrogens with zero attached hydrogens (tertiary/aromatic N) is 1. The van der Waals surface area contributed by atoms with E-state index in [0.717, 1.165) is 33.9 Å². The Bertz CT molecular complexity index is 1530. The molecule has 0 bridgehead atoms. The summed E-state index contributed by atoms with van der Waals surface area (Å²) in [6.45, 7) is 2.98. The molecule has 1 heterocycles. The van der Waals surface area contributed by atoms with Crippen molar-refractivity contribution in [3.63, 3.8) is 0 Å². The minimum atomic E-state index is -0.354. The maximum absolute atomic E-state index is 13.5. The minimum absolute atomic E-state index is 0.278. The summed E-state index contributed by atoms with van der Waals surface area (Å²) in [4.78, 5) is 13.4. The lowest BCUT2D eigenvalue weighted by Crippen LogP contribution is -2.13. The van der Waals surface area contributed by atoms with Crippen molar-refractivity contribution in [1.29, 1.82) is 0 Å². The summed E-state index contributed by atoms with van der Waals surface area (Å²) in [6.07, 6.45) is 1.78. The van der Waals surface area contributed by atoms with Crippen LogP contribution in [-0.2, 0) is 11.3 Å². The lowest BCUT2D eigenvalue weighted by molar-refractivity contribution is -0.111. The lowest BCUT2D eigenvalue weighted by Gasteiger charge is -2.11. The molecule has 5 aromatic rings. The van der Waals surface area contributed by atoms with E-state index in [-0.39, 0.29) is 11.7 Å². The predicted octanol–water partition coefficient (Wildman–Crippen LogP) is 7.79. The van der Waals surface area contributed by atoms with E-state index in [2.05, 4.69) is 28.9 Å². The topological polar surface area (TPSA) is 34.0 Å². The highest BCUT2D eigenvalue weighted by atomic mass is 35.5. The zero-order valence-corrected chi connectivity index (χ0v) is 19.3. The molecule has 1 amide bonds. The molecule has 4 aromatic carbocycles. The number of halogens is 2. The van der Waals surface area contributed by atoms with E-state index in [1.54, 1.807) is 30.3 Å². The molecule has 5 rings (SSSR count). The van der Waals surface area contributed by atoms with Gasteiger partial charge in [-0.1, -0.05) is 54.1 Å². The number of carbonyl (C=O) groups is 1. The molecule has 5 heteroatoms. The maximum atomic E-state index is 13.5. The monoisotopic (exact) mass is 468 g/mol. The van der Waals surface area contributed by atoms with Gasteiger partial charge in [-0.05, 0) is 72.7 Å². The van der Waals surface area contributed by atoms with E-state index >= 15 is 0 Å². The second kappa shape index (κ2) is 9.16. The normalized spacial score (nSPS) is 11.8. The molecule has 0 aliphatic heterocycles. The number of aryl methyl sites for hydroxylation is 1. The van der Waals surface area contributed by atoms with E-state index in [1.165, 1.54) is 12.1 Å². The van der Waals surface area contributed by atoms with Crippen LogP contribution in [0.5, 0.6) is 0 Å². The molecule has 1 N–H and O–H groups in total. The Morgan fingerprint density at radius 1 is 0.912 bits per heavy atom. The number of rotatable bonds is 5. The summed E-state index contributed by atoms with van der Waals surface area (Å²) in [7, 11) is 0. The second-order valence-electron chi connectivity index (χ2n) is 8.06. The molecular formula is C29H22ClFN2O. The highest BCUT2D eigenvalue weighted by molar-refractivity contribution is 6.31. The van der Waals surface area contributed by atoms with Gasteiger partial charge in [0.15, 0.2) is 0 Å². The fraction of sp³-hybridized carbons (Fsp3) is 0.0690. The Labute approximate surface area is 202 Å². The van der Waals surface area contributed by atoms with E-state index in [9.17, 15) is 9.18 Å². The van der Waals surface area contributed by atoms with Gasteiger partial charge in [0.05, 0.1) is 0 Å². The van der Waals surface area contributed by atoms with Crippen LogP contribution in [0.15, 0.2) is 91.0 Å². The van der Waals surface area contributed by atoms with Crippen LogP contribution in [0.4, 0.5) is 10.1 Å². The third-order valence-corrected chi connectivity index (χ3v) is 6.18.